The highest BCUT2D eigenvalue weighted by Crippen LogP contribution is 2.21. The summed E-state index contributed by atoms with van der Waals surface area (Å²) in [6.07, 6.45) is 2.24. The number of nitrogens with two attached hydrogens (primary N) is 2. The number of carbonyl (C=O) groups excluding carboxylic acids is 1. The SMILES string of the molecule is NCc1ccc(C(O)CN2CCCCC2C(N)=O)cc1. The van der Waals surface area contributed by atoms with Crippen molar-refractivity contribution in [2.24, 2.45) is 11.5 Å². The Morgan fingerprint density at radius 1 is 1.35 bits per heavy atom. The third kappa shape index (κ3) is 3.56. The van der Waals surface area contributed by atoms with Crippen LogP contribution in [0.3, 0.4) is 0 Å². The van der Waals surface area contributed by atoms with Crippen molar-refractivity contribution in [3.8, 4) is 0 Å². The number of β-amino-alcohol motifs (C(OH)–C–C–N with tert-alkyl or cyclic N) is 1. The van der Waals surface area contributed by atoms with Crippen molar-refractivity contribution in [3.05, 3.63) is 35.4 Å². The third-order valence-electron chi connectivity index (χ3n) is 3.95. The molecule has 1 saturated heterocycles. The maximum absolute atomic E-state index is 11.5. The smallest absolute Gasteiger partial charge is 0.234 e. The zero-order valence-corrected chi connectivity index (χ0v) is 11.7. The van der Waals surface area contributed by atoms with Crippen molar-refractivity contribution in [1.82, 2.24) is 4.90 Å². The van der Waals surface area contributed by atoms with Gasteiger partial charge in [0.25, 0.3) is 0 Å². The van der Waals surface area contributed by atoms with Gasteiger partial charge in [-0.2, -0.15) is 0 Å². The van der Waals surface area contributed by atoms with Crippen LogP contribution in [0.5, 0.6) is 0 Å². The Morgan fingerprint density at radius 3 is 2.65 bits per heavy atom. The lowest BCUT2D eigenvalue weighted by molar-refractivity contribution is -0.125. The number of rotatable bonds is 5. The molecule has 0 saturated carbocycles. The molecule has 110 valence electrons. The van der Waals surface area contributed by atoms with E-state index < -0.39 is 6.10 Å². The largest absolute Gasteiger partial charge is 0.387 e. The van der Waals surface area contributed by atoms with Crippen LogP contribution < -0.4 is 11.5 Å². The van der Waals surface area contributed by atoms with E-state index in [1.54, 1.807) is 0 Å². The van der Waals surface area contributed by atoms with E-state index in [0.29, 0.717) is 13.1 Å². The fourth-order valence-electron chi connectivity index (χ4n) is 2.74. The van der Waals surface area contributed by atoms with Gasteiger partial charge in [0.2, 0.25) is 5.91 Å². The Morgan fingerprint density at radius 2 is 2.05 bits per heavy atom. The fourth-order valence-corrected chi connectivity index (χ4v) is 2.74. The molecule has 0 aromatic heterocycles. The minimum Gasteiger partial charge on any atom is -0.387 e. The second kappa shape index (κ2) is 6.83. The van der Waals surface area contributed by atoms with Gasteiger partial charge in [-0.25, -0.2) is 0 Å². The van der Waals surface area contributed by atoms with Crippen molar-refractivity contribution in [3.63, 3.8) is 0 Å². The number of amides is 1. The van der Waals surface area contributed by atoms with Gasteiger partial charge >= 0.3 is 0 Å². The van der Waals surface area contributed by atoms with Crippen LogP contribution in [0.2, 0.25) is 0 Å². The van der Waals surface area contributed by atoms with E-state index in [-0.39, 0.29) is 11.9 Å². The Bertz CT molecular complexity index is 447. The second-order valence-corrected chi connectivity index (χ2v) is 5.37. The number of aliphatic hydroxyl groups is 1. The Hall–Kier alpha value is -1.43. The predicted octanol–water partition coefficient (Wildman–Crippen LogP) is 0.519. The molecule has 20 heavy (non-hydrogen) atoms. The average Bonchev–Trinajstić information content (AvgIpc) is 2.47. The topological polar surface area (TPSA) is 92.6 Å². The number of carbonyl (C=O) groups is 1. The number of nitrogens with zero attached hydrogens (tertiary/aromatic N) is 1. The molecule has 1 fully saturated rings. The summed E-state index contributed by atoms with van der Waals surface area (Å²) in [4.78, 5) is 13.4. The van der Waals surface area contributed by atoms with Crippen LogP contribution >= 0.6 is 0 Å². The molecule has 2 unspecified atom stereocenters. The van der Waals surface area contributed by atoms with E-state index in [2.05, 4.69) is 0 Å². The molecule has 1 aromatic rings. The molecule has 0 radical (unpaired) electrons. The first-order valence-corrected chi connectivity index (χ1v) is 7.12. The lowest BCUT2D eigenvalue weighted by atomic mass is 9.99. The van der Waals surface area contributed by atoms with Gasteiger partial charge in [-0.1, -0.05) is 30.7 Å². The van der Waals surface area contributed by atoms with Gasteiger partial charge in [0, 0.05) is 13.1 Å². The highest BCUT2D eigenvalue weighted by Gasteiger charge is 2.28. The van der Waals surface area contributed by atoms with Crippen molar-refractivity contribution in [2.75, 3.05) is 13.1 Å². The molecule has 1 aliphatic rings. The molecule has 2 rings (SSSR count). The molecule has 1 heterocycles. The van der Waals surface area contributed by atoms with Crippen molar-refractivity contribution in [2.45, 2.75) is 38.0 Å². The normalized spacial score (nSPS) is 21.6. The average molecular weight is 277 g/mol. The minimum absolute atomic E-state index is 0.248. The van der Waals surface area contributed by atoms with Gasteiger partial charge in [0.15, 0.2) is 0 Å². The number of hydrogen-bond donors (Lipinski definition) is 3. The minimum atomic E-state index is -0.609. The van der Waals surface area contributed by atoms with Crippen LogP contribution in [-0.4, -0.2) is 35.0 Å². The number of hydrogen-bond acceptors (Lipinski definition) is 4. The van der Waals surface area contributed by atoms with Gasteiger partial charge in [-0.3, -0.25) is 9.69 Å². The molecule has 5 nitrogen and oxygen atoms in total. The van der Waals surface area contributed by atoms with Crippen molar-refractivity contribution >= 4 is 5.91 Å². The molecule has 1 aliphatic heterocycles. The summed E-state index contributed by atoms with van der Waals surface area (Å²) in [6, 6.07) is 7.36. The van der Waals surface area contributed by atoms with Crippen LogP contribution in [0.15, 0.2) is 24.3 Å². The zero-order chi connectivity index (χ0) is 14.5. The van der Waals surface area contributed by atoms with E-state index in [1.807, 2.05) is 29.2 Å². The quantitative estimate of drug-likeness (QED) is 0.731. The molecule has 0 bridgehead atoms. The second-order valence-electron chi connectivity index (χ2n) is 5.37. The van der Waals surface area contributed by atoms with Crippen molar-refractivity contribution < 1.29 is 9.90 Å². The molecule has 2 atom stereocenters. The van der Waals surface area contributed by atoms with Crippen LogP contribution in [0, 0.1) is 0 Å². The van der Waals surface area contributed by atoms with Gasteiger partial charge < -0.3 is 16.6 Å². The summed E-state index contributed by atoms with van der Waals surface area (Å²) in [6.45, 7) is 1.74. The summed E-state index contributed by atoms with van der Waals surface area (Å²) >= 11 is 0. The van der Waals surface area contributed by atoms with E-state index in [1.165, 1.54) is 0 Å². The lowest BCUT2D eigenvalue weighted by Crippen LogP contribution is -2.49. The van der Waals surface area contributed by atoms with Gasteiger partial charge in [0.1, 0.15) is 0 Å². The van der Waals surface area contributed by atoms with E-state index in [0.717, 1.165) is 36.9 Å². The number of likely N-dealkylation sites (tertiary alicyclic amines) is 1. The summed E-state index contributed by atoms with van der Waals surface area (Å²) < 4.78 is 0. The van der Waals surface area contributed by atoms with Gasteiger partial charge in [-0.05, 0) is 30.5 Å². The van der Waals surface area contributed by atoms with Crippen LogP contribution in [-0.2, 0) is 11.3 Å². The molecule has 5 heteroatoms. The monoisotopic (exact) mass is 277 g/mol. The molecule has 1 aromatic carbocycles. The Labute approximate surface area is 119 Å². The van der Waals surface area contributed by atoms with E-state index in [9.17, 15) is 9.90 Å². The fraction of sp³-hybridized carbons (Fsp3) is 0.533. The number of aliphatic hydroxyl groups excluding tert-OH is 1. The highest BCUT2D eigenvalue weighted by atomic mass is 16.3. The summed E-state index contributed by atoms with van der Waals surface area (Å²) in [5, 5.41) is 10.3. The standard InChI is InChI=1S/C15H23N3O2/c16-9-11-4-6-12(7-5-11)14(19)10-18-8-2-1-3-13(18)15(17)20/h4-7,13-14,19H,1-3,8-10,16H2,(H2,17,20). The van der Waals surface area contributed by atoms with Crippen LogP contribution in [0.1, 0.15) is 36.5 Å². The van der Waals surface area contributed by atoms with Gasteiger partial charge in [-0.15, -0.1) is 0 Å². The first-order valence-electron chi connectivity index (χ1n) is 7.12. The molecule has 1 amide bonds. The molecule has 0 aliphatic carbocycles. The number of piperidine rings is 1. The molecular formula is C15H23N3O2. The number of primary amides is 1. The Kier molecular flexibility index (Phi) is 5.11. The third-order valence-corrected chi connectivity index (χ3v) is 3.95. The lowest BCUT2D eigenvalue weighted by Gasteiger charge is -2.34. The zero-order valence-electron chi connectivity index (χ0n) is 11.7. The summed E-state index contributed by atoms with van der Waals surface area (Å²) in [7, 11) is 0. The first kappa shape index (κ1) is 15.0. The number of benzene rings is 1. The highest BCUT2D eigenvalue weighted by molar-refractivity contribution is 5.79. The predicted molar refractivity (Wildman–Crippen MR) is 77.7 cm³/mol. The summed E-state index contributed by atoms with van der Waals surface area (Å²) in [5.41, 5.74) is 12.9. The Balaban J connectivity index is 2.01. The first-order chi connectivity index (χ1) is 9.61. The molecule has 5 N–H and O–H groups in total. The van der Waals surface area contributed by atoms with E-state index in [4.69, 9.17) is 11.5 Å². The molecule has 0 spiro atoms. The maximum Gasteiger partial charge on any atom is 0.234 e. The molecular weight excluding hydrogens is 254 g/mol. The van der Waals surface area contributed by atoms with E-state index >= 15 is 0 Å². The van der Waals surface area contributed by atoms with Gasteiger partial charge in [0.05, 0.1) is 12.1 Å². The maximum atomic E-state index is 11.5. The van der Waals surface area contributed by atoms with Crippen LogP contribution in [0.4, 0.5) is 0 Å². The van der Waals surface area contributed by atoms with Crippen LogP contribution in [0.25, 0.3) is 0 Å². The van der Waals surface area contributed by atoms with Crippen molar-refractivity contribution in [1.29, 1.82) is 0 Å². The summed E-state index contributed by atoms with van der Waals surface area (Å²) in [5.74, 6) is -0.296.